The lowest BCUT2D eigenvalue weighted by molar-refractivity contribution is -0.141. The molecule has 0 radical (unpaired) electrons. The smallest absolute Gasteiger partial charge is 0.307 e. The molecular formula is C11H18N4O2. The van der Waals surface area contributed by atoms with Crippen molar-refractivity contribution in [3.8, 4) is 0 Å². The lowest BCUT2D eigenvalue weighted by atomic mass is 10.1. The van der Waals surface area contributed by atoms with E-state index >= 15 is 0 Å². The standard InChI is InChI=1S/C11H18N4O2/c1-8(2)15-10(12-7-13-15)6-14-4-3-9(5-14)11(16)17/h7-9H,3-6H2,1-2H3,(H,16,17). The van der Waals surface area contributed by atoms with Crippen LogP contribution in [-0.2, 0) is 11.3 Å². The Labute approximate surface area is 100 Å². The molecule has 0 bridgehead atoms. The highest BCUT2D eigenvalue weighted by Crippen LogP contribution is 2.18. The van der Waals surface area contributed by atoms with Gasteiger partial charge < -0.3 is 5.11 Å². The summed E-state index contributed by atoms with van der Waals surface area (Å²) in [5.41, 5.74) is 0. The van der Waals surface area contributed by atoms with Crippen molar-refractivity contribution < 1.29 is 9.90 Å². The molecule has 1 unspecified atom stereocenters. The van der Waals surface area contributed by atoms with E-state index in [1.54, 1.807) is 6.33 Å². The average molecular weight is 238 g/mol. The molecular weight excluding hydrogens is 220 g/mol. The van der Waals surface area contributed by atoms with Gasteiger partial charge in [0.25, 0.3) is 0 Å². The number of carbonyl (C=O) groups is 1. The van der Waals surface area contributed by atoms with Gasteiger partial charge in [0.15, 0.2) is 0 Å². The molecule has 0 aromatic carbocycles. The second-order valence-corrected chi connectivity index (χ2v) is 4.77. The fraction of sp³-hybridized carbons (Fsp3) is 0.727. The van der Waals surface area contributed by atoms with Crippen molar-refractivity contribution >= 4 is 5.97 Å². The van der Waals surface area contributed by atoms with Crippen LogP contribution in [0, 0.1) is 5.92 Å². The summed E-state index contributed by atoms with van der Waals surface area (Å²) in [7, 11) is 0. The number of hydrogen-bond acceptors (Lipinski definition) is 4. The summed E-state index contributed by atoms with van der Waals surface area (Å²) in [5.74, 6) is -0.0192. The molecule has 2 heterocycles. The third-order valence-electron chi connectivity index (χ3n) is 3.12. The molecule has 2 rings (SSSR count). The second-order valence-electron chi connectivity index (χ2n) is 4.77. The van der Waals surface area contributed by atoms with Crippen molar-refractivity contribution in [3.63, 3.8) is 0 Å². The van der Waals surface area contributed by atoms with E-state index in [1.807, 2.05) is 4.68 Å². The fourth-order valence-corrected chi connectivity index (χ4v) is 2.20. The van der Waals surface area contributed by atoms with Crippen molar-refractivity contribution in [3.05, 3.63) is 12.2 Å². The highest BCUT2D eigenvalue weighted by molar-refractivity contribution is 5.70. The van der Waals surface area contributed by atoms with Gasteiger partial charge in [0.2, 0.25) is 0 Å². The summed E-state index contributed by atoms with van der Waals surface area (Å²) >= 11 is 0. The monoisotopic (exact) mass is 238 g/mol. The van der Waals surface area contributed by atoms with Crippen LogP contribution < -0.4 is 0 Å². The largest absolute Gasteiger partial charge is 0.481 e. The van der Waals surface area contributed by atoms with Gasteiger partial charge in [0, 0.05) is 12.6 Å². The van der Waals surface area contributed by atoms with Crippen LogP contribution in [0.25, 0.3) is 0 Å². The normalized spacial score (nSPS) is 21.2. The molecule has 0 spiro atoms. The minimum atomic E-state index is -0.696. The number of aliphatic carboxylic acids is 1. The van der Waals surface area contributed by atoms with Gasteiger partial charge in [-0.05, 0) is 26.8 Å². The van der Waals surface area contributed by atoms with Crippen LogP contribution in [-0.4, -0.2) is 43.8 Å². The number of carboxylic acid groups (broad SMARTS) is 1. The van der Waals surface area contributed by atoms with Gasteiger partial charge in [-0.15, -0.1) is 0 Å². The Bertz CT molecular complexity index is 402. The third kappa shape index (κ3) is 2.63. The van der Waals surface area contributed by atoms with Crippen molar-refractivity contribution in [1.29, 1.82) is 0 Å². The van der Waals surface area contributed by atoms with Crippen LogP contribution in [0.3, 0.4) is 0 Å². The van der Waals surface area contributed by atoms with E-state index in [0.29, 0.717) is 13.1 Å². The first-order chi connectivity index (χ1) is 8.08. The van der Waals surface area contributed by atoms with Crippen LogP contribution in [0.2, 0.25) is 0 Å². The summed E-state index contributed by atoms with van der Waals surface area (Å²) in [6, 6.07) is 0.283. The highest BCUT2D eigenvalue weighted by atomic mass is 16.4. The SMILES string of the molecule is CC(C)n1ncnc1CN1CCC(C(=O)O)C1. The summed E-state index contributed by atoms with van der Waals surface area (Å²) in [6.07, 6.45) is 2.28. The zero-order valence-corrected chi connectivity index (χ0v) is 10.2. The van der Waals surface area contributed by atoms with Gasteiger partial charge in [-0.1, -0.05) is 0 Å². The van der Waals surface area contributed by atoms with E-state index in [-0.39, 0.29) is 12.0 Å². The van der Waals surface area contributed by atoms with E-state index in [9.17, 15) is 4.79 Å². The predicted octanol–water partition coefficient (Wildman–Crippen LogP) is 0.766. The van der Waals surface area contributed by atoms with Crippen LogP contribution in [0.5, 0.6) is 0 Å². The van der Waals surface area contributed by atoms with Crippen LogP contribution in [0.4, 0.5) is 0 Å². The maximum atomic E-state index is 10.9. The lowest BCUT2D eigenvalue weighted by Crippen LogP contribution is -2.25. The number of nitrogens with zero attached hydrogens (tertiary/aromatic N) is 4. The highest BCUT2D eigenvalue weighted by Gasteiger charge is 2.28. The Morgan fingerprint density at radius 3 is 3.00 bits per heavy atom. The summed E-state index contributed by atoms with van der Waals surface area (Å²) in [5, 5.41) is 13.1. The first-order valence-electron chi connectivity index (χ1n) is 5.91. The molecule has 17 heavy (non-hydrogen) atoms. The molecule has 0 aliphatic carbocycles. The van der Waals surface area contributed by atoms with Crippen molar-refractivity contribution in [2.75, 3.05) is 13.1 Å². The van der Waals surface area contributed by atoms with Gasteiger partial charge in [-0.2, -0.15) is 5.10 Å². The molecule has 6 heteroatoms. The summed E-state index contributed by atoms with van der Waals surface area (Å²) < 4.78 is 1.88. The summed E-state index contributed by atoms with van der Waals surface area (Å²) in [6.45, 7) is 6.23. The second kappa shape index (κ2) is 4.83. The number of aromatic nitrogens is 3. The summed E-state index contributed by atoms with van der Waals surface area (Å²) in [4.78, 5) is 17.2. The van der Waals surface area contributed by atoms with Crippen LogP contribution >= 0.6 is 0 Å². The Hall–Kier alpha value is -1.43. The molecule has 94 valence electrons. The minimum Gasteiger partial charge on any atom is -0.481 e. The van der Waals surface area contributed by atoms with E-state index in [0.717, 1.165) is 18.8 Å². The number of rotatable bonds is 4. The molecule has 1 aliphatic heterocycles. The molecule has 1 N–H and O–H groups in total. The third-order valence-corrected chi connectivity index (χ3v) is 3.12. The number of likely N-dealkylation sites (tertiary alicyclic amines) is 1. The molecule has 1 atom stereocenters. The molecule has 1 saturated heterocycles. The number of hydrogen-bond donors (Lipinski definition) is 1. The van der Waals surface area contributed by atoms with Gasteiger partial charge >= 0.3 is 5.97 Å². The fourth-order valence-electron chi connectivity index (χ4n) is 2.20. The lowest BCUT2D eigenvalue weighted by Gasteiger charge is -2.16. The van der Waals surface area contributed by atoms with Crippen molar-refractivity contribution in [2.24, 2.45) is 5.92 Å². The zero-order valence-electron chi connectivity index (χ0n) is 10.2. The predicted molar refractivity (Wildman–Crippen MR) is 61.4 cm³/mol. The Morgan fingerprint density at radius 2 is 2.41 bits per heavy atom. The van der Waals surface area contributed by atoms with Gasteiger partial charge in [0.1, 0.15) is 12.2 Å². The molecule has 1 aromatic rings. The Balaban J connectivity index is 1.98. The van der Waals surface area contributed by atoms with E-state index in [4.69, 9.17) is 5.11 Å². The van der Waals surface area contributed by atoms with Crippen LogP contribution in [0.15, 0.2) is 6.33 Å². The number of carboxylic acids is 1. The Kier molecular flexibility index (Phi) is 3.42. The molecule has 0 amide bonds. The first kappa shape index (κ1) is 12.0. The molecule has 1 fully saturated rings. The van der Waals surface area contributed by atoms with Crippen molar-refractivity contribution in [2.45, 2.75) is 32.9 Å². The molecule has 6 nitrogen and oxygen atoms in total. The maximum absolute atomic E-state index is 10.9. The van der Waals surface area contributed by atoms with Crippen LogP contribution in [0.1, 0.15) is 32.1 Å². The van der Waals surface area contributed by atoms with E-state index in [2.05, 4.69) is 28.8 Å². The quantitative estimate of drug-likeness (QED) is 0.838. The van der Waals surface area contributed by atoms with Gasteiger partial charge in [0.05, 0.1) is 12.5 Å². The zero-order chi connectivity index (χ0) is 12.4. The van der Waals surface area contributed by atoms with Crippen molar-refractivity contribution in [1.82, 2.24) is 19.7 Å². The topological polar surface area (TPSA) is 71.2 Å². The van der Waals surface area contributed by atoms with Gasteiger partial charge in [-0.25, -0.2) is 9.67 Å². The minimum absolute atomic E-state index is 0.231. The molecule has 0 saturated carbocycles. The molecule has 1 aromatic heterocycles. The van der Waals surface area contributed by atoms with Gasteiger partial charge in [-0.3, -0.25) is 9.69 Å². The average Bonchev–Trinajstić information content (AvgIpc) is 2.86. The maximum Gasteiger partial charge on any atom is 0.307 e. The first-order valence-corrected chi connectivity index (χ1v) is 5.91. The van der Waals surface area contributed by atoms with E-state index in [1.165, 1.54) is 0 Å². The van der Waals surface area contributed by atoms with E-state index < -0.39 is 5.97 Å². The molecule has 1 aliphatic rings. The Morgan fingerprint density at radius 1 is 1.65 bits per heavy atom.